The SMILES string of the molecule is Cl.NC1C2CCCC1CC(C(=O)NCC1(CCO)CCCC1)C2. The summed E-state index contributed by atoms with van der Waals surface area (Å²) in [7, 11) is 0. The lowest BCUT2D eigenvalue weighted by molar-refractivity contribution is -0.128. The Kier molecular flexibility index (Phi) is 6.76. The zero-order valence-corrected chi connectivity index (χ0v) is 15.0. The Morgan fingerprint density at radius 1 is 1.13 bits per heavy atom. The maximum Gasteiger partial charge on any atom is 0.223 e. The number of hydrogen-bond acceptors (Lipinski definition) is 3. The summed E-state index contributed by atoms with van der Waals surface area (Å²) in [5, 5.41) is 12.6. The Labute approximate surface area is 146 Å². The minimum absolute atomic E-state index is 0. The molecule has 3 saturated carbocycles. The van der Waals surface area contributed by atoms with Gasteiger partial charge in [0.05, 0.1) is 0 Å². The van der Waals surface area contributed by atoms with Crippen LogP contribution < -0.4 is 11.1 Å². The number of hydrogen-bond donors (Lipinski definition) is 3. The van der Waals surface area contributed by atoms with Gasteiger partial charge < -0.3 is 16.2 Å². The summed E-state index contributed by atoms with van der Waals surface area (Å²) in [6.45, 7) is 0.989. The number of halogens is 1. The molecule has 23 heavy (non-hydrogen) atoms. The Balaban J connectivity index is 0.00000192. The van der Waals surface area contributed by atoms with E-state index in [9.17, 15) is 9.90 Å². The van der Waals surface area contributed by atoms with Gasteiger partial charge in [-0.2, -0.15) is 0 Å². The summed E-state index contributed by atoms with van der Waals surface area (Å²) in [6.07, 6.45) is 11.3. The Morgan fingerprint density at radius 2 is 1.74 bits per heavy atom. The molecule has 0 aromatic rings. The lowest BCUT2D eigenvalue weighted by atomic mass is 9.65. The molecule has 2 atom stereocenters. The second kappa shape index (κ2) is 8.17. The van der Waals surface area contributed by atoms with E-state index in [0.29, 0.717) is 17.9 Å². The zero-order chi connectivity index (χ0) is 15.6. The minimum atomic E-state index is 0. The van der Waals surface area contributed by atoms with Gasteiger partial charge in [0.25, 0.3) is 0 Å². The number of aliphatic hydroxyl groups excluding tert-OH is 1. The van der Waals surface area contributed by atoms with Gasteiger partial charge in [-0.05, 0) is 62.2 Å². The third kappa shape index (κ3) is 4.21. The molecule has 0 heterocycles. The van der Waals surface area contributed by atoms with Gasteiger partial charge in [0, 0.05) is 25.1 Å². The molecular weight excluding hydrogens is 312 g/mol. The summed E-state index contributed by atoms with van der Waals surface area (Å²) in [6, 6.07) is 0.327. The number of amides is 1. The first-order valence-corrected chi connectivity index (χ1v) is 9.28. The molecule has 4 nitrogen and oxygen atoms in total. The lowest BCUT2D eigenvalue weighted by Gasteiger charge is -2.43. The van der Waals surface area contributed by atoms with E-state index in [-0.39, 0.29) is 36.3 Å². The highest BCUT2D eigenvalue weighted by Gasteiger charge is 2.41. The fraction of sp³-hybridized carbons (Fsp3) is 0.944. The largest absolute Gasteiger partial charge is 0.396 e. The van der Waals surface area contributed by atoms with E-state index in [2.05, 4.69) is 5.32 Å². The minimum Gasteiger partial charge on any atom is -0.396 e. The Hall–Kier alpha value is -0.320. The average molecular weight is 345 g/mol. The molecule has 134 valence electrons. The molecule has 1 amide bonds. The summed E-state index contributed by atoms with van der Waals surface area (Å²) in [4.78, 5) is 12.6. The molecule has 3 aliphatic rings. The van der Waals surface area contributed by atoms with Crippen LogP contribution in [0.1, 0.15) is 64.2 Å². The average Bonchev–Trinajstić information content (AvgIpc) is 2.94. The molecular formula is C18H33ClN2O2. The third-order valence-corrected chi connectivity index (χ3v) is 6.73. The number of nitrogens with one attached hydrogen (secondary N) is 1. The molecule has 0 aromatic carbocycles. The molecule has 0 aliphatic heterocycles. The van der Waals surface area contributed by atoms with Crippen LogP contribution in [0.5, 0.6) is 0 Å². The number of nitrogens with two attached hydrogens (primary N) is 1. The normalized spacial score (nSPS) is 35.4. The van der Waals surface area contributed by atoms with Crippen molar-refractivity contribution in [2.75, 3.05) is 13.2 Å². The zero-order valence-electron chi connectivity index (χ0n) is 14.1. The lowest BCUT2D eigenvalue weighted by Crippen LogP contribution is -2.50. The van der Waals surface area contributed by atoms with Gasteiger partial charge in [0.1, 0.15) is 0 Å². The van der Waals surface area contributed by atoms with Crippen molar-refractivity contribution < 1.29 is 9.90 Å². The van der Waals surface area contributed by atoms with Crippen molar-refractivity contribution in [1.29, 1.82) is 0 Å². The van der Waals surface area contributed by atoms with Gasteiger partial charge in [0.2, 0.25) is 5.91 Å². The number of aliphatic hydroxyl groups is 1. The molecule has 0 aromatic heterocycles. The Bertz CT molecular complexity index is 384. The van der Waals surface area contributed by atoms with E-state index in [4.69, 9.17) is 5.73 Å². The number of carbonyl (C=O) groups is 1. The van der Waals surface area contributed by atoms with E-state index in [1.165, 1.54) is 32.1 Å². The second-order valence-corrected chi connectivity index (χ2v) is 8.10. The molecule has 5 heteroatoms. The second-order valence-electron chi connectivity index (χ2n) is 8.10. The van der Waals surface area contributed by atoms with E-state index >= 15 is 0 Å². The maximum atomic E-state index is 12.6. The van der Waals surface area contributed by atoms with Gasteiger partial charge in [-0.3, -0.25) is 4.79 Å². The maximum absolute atomic E-state index is 12.6. The third-order valence-electron chi connectivity index (χ3n) is 6.73. The van der Waals surface area contributed by atoms with Crippen molar-refractivity contribution in [3.05, 3.63) is 0 Å². The quantitative estimate of drug-likeness (QED) is 0.717. The van der Waals surface area contributed by atoms with Crippen LogP contribution in [0.3, 0.4) is 0 Å². The van der Waals surface area contributed by atoms with Crippen LogP contribution in [0.15, 0.2) is 0 Å². The topological polar surface area (TPSA) is 75.4 Å². The molecule has 2 bridgehead atoms. The van der Waals surface area contributed by atoms with E-state index in [1.807, 2.05) is 0 Å². The van der Waals surface area contributed by atoms with Gasteiger partial charge >= 0.3 is 0 Å². The summed E-state index contributed by atoms with van der Waals surface area (Å²) in [5.41, 5.74) is 6.48. The molecule has 3 rings (SSSR count). The molecule has 4 N–H and O–H groups in total. The molecule has 0 radical (unpaired) electrons. The van der Waals surface area contributed by atoms with Crippen molar-refractivity contribution >= 4 is 18.3 Å². The van der Waals surface area contributed by atoms with Crippen molar-refractivity contribution in [2.45, 2.75) is 70.3 Å². The van der Waals surface area contributed by atoms with Crippen LogP contribution in [0.4, 0.5) is 0 Å². The predicted molar refractivity (Wildman–Crippen MR) is 94.4 cm³/mol. The van der Waals surface area contributed by atoms with Gasteiger partial charge in [0.15, 0.2) is 0 Å². The Morgan fingerprint density at radius 3 is 2.30 bits per heavy atom. The first-order chi connectivity index (χ1) is 10.6. The molecule has 0 spiro atoms. The highest BCUT2D eigenvalue weighted by atomic mass is 35.5. The molecule has 0 saturated heterocycles. The van der Waals surface area contributed by atoms with E-state index in [0.717, 1.165) is 38.6 Å². The van der Waals surface area contributed by atoms with Crippen LogP contribution in [-0.2, 0) is 4.79 Å². The van der Waals surface area contributed by atoms with Crippen LogP contribution >= 0.6 is 12.4 Å². The summed E-state index contributed by atoms with van der Waals surface area (Å²) in [5.74, 6) is 1.53. The van der Waals surface area contributed by atoms with Crippen molar-refractivity contribution in [2.24, 2.45) is 28.9 Å². The van der Waals surface area contributed by atoms with Crippen LogP contribution in [0.2, 0.25) is 0 Å². The highest BCUT2D eigenvalue weighted by molar-refractivity contribution is 5.85. The highest BCUT2D eigenvalue weighted by Crippen LogP contribution is 2.43. The fourth-order valence-electron chi connectivity index (χ4n) is 5.30. The smallest absolute Gasteiger partial charge is 0.223 e. The van der Waals surface area contributed by atoms with Crippen molar-refractivity contribution in [3.63, 3.8) is 0 Å². The first kappa shape index (κ1) is 19.0. The summed E-state index contributed by atoms with van der Waals surface area (Å²) >= 11 is 0. The van der Waals surface area contributed by atoms with E-state index in [1.54, 1.807) is 0 Å². The number of rotatable bonds is 5. The standard InChI is InChI=1S/C18H32N2O2.ClH/c19-16-13-4-3-5-14(16)11-15(10-13)17(22)20-12-18(8-9-21)6-1-2-7-18;/h13-16,21H,1-12,19H2,(H,20,22);1H. The van der Waals surface area contributed by atoms with Crippen molar-refractivity contribution in [1.82, 2.24) is 5.32 Å². The fourth-order valence-corrected chi connectivity index (χ4v) is 5.30. The van der Waals surface area contributed by atoms with Gasteiger partial charge in [-0.1, -0.05) is 19.3 Å². The number of carbonyl (C=O) groups excluding carboxylic acids is 1. The molecule has 3 fully saturated rings. The van der Waals surface area contributed by atoms with Gasteiger partial charge in [-0.15, -0.1) is 12.4 Å². The first-order valence-electron chi connectivity index (χ1n) is 9.28. The monoisotopic (exact) mass is 344 g/mol. The predicted octanol–water partition coefficient (Wildman–Crippen LogP) is 2.62. The van der Waals surface area contributed by atoms with Crippen LogP contribution in [0, 0.1) is 23.2 Å². The van der Waals surface area contributed by atoms with Gasteiger partial charge in [-0.25, -0.2) is 0 Å². The van der Waals surface area contributed by atoms with Crippen LogP contribution in [0.25, 0.3) is 0 Å². The van der Waals surface area contributed by atoms with E-state index < -0.39 is 0 Å². The van der Waals surface area contributed by atoms with Crippen LogP contribution in [-0.4, -0.2) is 30.2 Å². The molecule has 2 unspecified atom stereocenters. The molecule has 3 aliphatic carbocycles. The van der Waals surface area contributed by atoms with Crippen molar-refractivity contribution in [3.8, 4) is 0 Å². The summed E-state index contributed by atoms with van der Waals surface area (Å²) < 4.78 is 0. The number of fused-ring (bicyclic) bond motifs is 2.